The molecule has 2 aromatic rings. The fraction of sp³-hybridized carbons (Fsp3) is 0.294. The molecule has 0 radical (unpaired) electrons. The zero-order valence-electron chi connectivity index (χ0n) is 12.2. The Kier molecular flexibility index (Phi) is 4.64. The highest BCUT2D eigenvalue weighted by molar-refractivity contribution is 5.46. The molecule has 2 aromatic carbocycles. The van der Waals surface area contributed by atoms with Crippen LogP contribution in [0.15, 0.2) is 42.5 Å². The number of ether oxygens (including phenoxy) is 2. The smallest absolute Gasteiger partial charge is 0.126 e. The van der Waals surface area contributed by atoms with Crippen LogP contribution in [-0.2, 0) is 0 Å². The summed E-state index contributed by atoms with van der Waals surface area (Å²) < 4.78 is 11.2. The van der Waals surface area contributed by atoms with Gasteiger partial charge in [0, 0.05) is 5.56 Å². The van der Waals surface area contributed by atoms with Gasteiger partial charge in [-0.25, -0.2) is 0 Å². The van der Waals surface area contributed by atoms with Crippen molar-refractivity contribution in [2.75, 3.05) is 13.7 Å². The standard InChI is InChI=1S/C17H21NO2/c1-12-9-10-15(17(19-3)13(12)2)16(18)11-20-14-7-5-4-6-8-14/h4-10,16H,11,18H2,1-3H3. The van der Waals surface area contributed by atoms with Crippen LogP contribution >= 0.6 is 0 Å². The molecule has 0 aliphatic rings. The Morgan fingerprint density at radius 1 is 1.05 bits per heavy atom. The van der Waals surface area contributed by atoms with Gasteiger partial charge < -0.3 is 15.2 Å². The number of hydrogen-bond acceptors (Lipinski definition) is 3. The summed E-state index contributed by atoms with van der Waals surface area (Å²) in [4.78, 5) is 0. The van der Waals surface area contributed by atoms with Crippen LogP contribution in [0.2, 0.25) is 0 Å². The summed E-state index contributed by atoms with van der Waals surface area (Å²) in [7, 11) is 1.68. The predicted molar refractivity (Wildman–Crippen MR) is 81.3 cm³/mol. The van der Waals surface area contributed by atoms with Crippen LogP contribution in [0.5, 0.6) is 11.5 Å². The summed E-state index contributed by atoms with van der Waals surface area (Å²) in [6.07, 6.45) is 0. The first-order valence-corrected chi connectivity index (χ1v) is 6.71. The molecule has 3 nitrogen and oxygen atoms in total. The van der Waals surface area contributed by atoms with Crippen LogP contribution in [0.3, 0.4) is 0 Å². The Morgan fingerprint density at radius 2 is 1.75 bits per heavy atom. The van der Waals surface area contributed by atoms with Gasteiger partial charge >= 0.3 is 0 Å². The van der Waals surface area contributed by atoms with E-state index < -0.39 is 0 Å². The highest BCUT2D eigenvalue weighted by atomic mass is 16.5. The topological polar surface area (TPSA) is 44.5 Å². The third kappa shape index (κ3) is 3.11. The Labute approximate surface area is 120 Å². The summed E-state index contributed by atoms with van der Waals surface area (Å²) >= 11 is 0. The van der Waals surface area contributed by atoms with Crippen LogP contribution in [0.1, 0.15) is 22.7 Å². The zero-order valence-corrected chi connectivity index (χ0v) is 12.2. The average molecular weight is 271 g/mol. The van der Waals surface area contributed by atoms with E-state index in [1.807, 2.05) is 43.3 Å². The second kappa shape index (κ2) is 6.44. The van der Waals surface area contributed by atoms with E-state index in [-0.39, 0.29) is 6.04 Å². The zero-order chi connectivity index (χ0) is 14.5. The van der Waals surface area contributed by atoms with Gasteiger partial charge in [-0.15, -0.1) is 0 Å². The molecule has 20 heavy (non-hydrogen) atoms. The van der Waals surface area contributed by atoms with E-state index in [0.29, 0.717) is 6.61 Å². The lowest BCUT2D eigenvalue weighted by Gasteiger charge is -2.19. The van der Waals surface area contributed by atoms with Gasteiger partial charge in [0.15, 0.2) is 0 Å². The minimum absolute atomic E-state index is 0.218. The Bertz CT molecular complexity index is 567. The molecule has 0 amide bonds. The van der Waals surface area contributed by atoms with Gasteiger partial charge in [0.1, 0.15) is 18.1 Å². The van der Waals surface area contributed by atoms with E-state index in [4.69, 9.17) is 15.2 Å². The molecule has 0 aliphatic carbocycles. The molecule has 2 N–H and O–H groups in total. The largest absolute Gasteiger partial charge is 0.496 e. The maximum Gasteiger partial charge on any atom is 0.126 e. The fourth-order valence-electron chi connectivity index (χ4n) is 2.17. The lowest BCUT2D eigenvalue weighted by atomic mass is 10.00. The number of para-hydroxylation sites is 1. The maximum atomic E-state index is 6.23. The summed E-state index contributed by atoms with van der Waals surface area (Å²) in [6, 6.07) is 13.5. The van der Waals surface area contributed by atoms with Gasteiger partial charge in [0.2, 0.25) is 0 Å². The van der Waals surface area contributed by atoms with Crippen LogP contribution in [-0.4, -0.2) is 13.7 Å². The van der Waals surface area contributed by atoms with Crippen LogP contribution in [0, 0.1) is 13.8 Å². The van der Waals surface area contributed by atoms with E-state index in [9.17, 15) is 0 Å². The Balaban J connectivity index is 2.13. The molecule has 0 heterocycles. The second-order valence-electron chi connectivity index (χ2n) is 4.86. The molecule has 0 saturated carbocycles. The van der Waals surface area contributed by atoms with Gasteiger partial charge in [0.25, 0.3) is 0 Å². The van der Waals surface area contributed by atoms with E-state index in [2.05, 4.69) is 13.0 Å². The van der Waals surface area contributed by atoms with Gasteiger partial charge in [-0.2, -0.15) is 0 Å². The van der Waals surface area contributed by atoms with Crippen molar-refractivity contribution in [1.29, 1.82) is 0 Å². The lowest BCUT2D eigenvalue weighted by Crippen LogP contribution is -2.20. The minimum atomic E-state index is -0.218. The van der Waals surface area contributed by atoms with Crippen molar-refractivity contribution in [2.45, 2.75) is 19.9 Å². The highest BCUT2D eigenvalue weighted by Gasteiger charge is 2.15. The van der Waals surface area contributed by atoms with Gasteiger partial charge in [-0.05, 0) is 37.1 Å². The van der Waals surface area contributed by atoms with E-state index in [1.54, 1.807) is 7.11 Å². The molecule has 0 bridgehead atoms. The van der Waals surface area contributed by atoms with Crippen LogP contribution in [0.4, 0.5) is 0 Å². The molecule has 0 spiro atoms. The second-order valence-corrected chi connectivity index (χ2v) is 4.86. The molecule has 2 rings (SSSR count). The van der Waals surface area contributed by atoms with E-state index in [0.717, 1.165) is 22.6 Å². The monoisotopic (exact) mass is 271 g/mol. The first-order chi connectivity index (χ1) is 9.63. The van der Waals surface area contributed by atoms with Crippen molar-refractivity contribution < 1.29 is 9.47 Å². The van der Waals surface area contributed by atoms with Gasteiger partial charge in [-0.3, -0.25) is 0 Å². The van der Waals surface area contributed by atoms with Crippen molar-refractivity contribution in [2.24, 2.45) is 5.73 Å². The SMILES string of the molecule is COc1c(C(N)COc2ccccc2)ccc(C)c1C. The number of methoxy groups -OCH3 is 1. The van der Waals surface area contributed by atoms with Crippen molar-refractivity contribution in [3.8, 4) is 11.5 Å². The van der Waals surface area contributed by atoms with Gasteiger partial charge in [0.05, 0.1) is 13.2 Å². The van der Waals surface area contributed by atoms with E-state index >= 15 is 0 Å². The molecule has 0 aromatic heterocycles. The lowest BCUT2D eigenvalue weighted by molar-refractivity contribution is 0.286. The molecular formula is C17H21NO2. The number of benzene rings is 2. The first-order valence-electron chi connectivity index (χ1n) is 6.71. The quantitative estimate of drug-likeness (QED) is 0.906. The Morgan fingerprint density at radius 3 is 2.40 bits per heavy atom. The predicted octanol–water partition coefficient (Wildman–Crippen LogP) is 3.39. The third-order valence-corrected chi connectivity index (χ3v) is 3.48. The van der Waals surface area contributed by atoms with Crippen molar-refractivity contribution in [3.05, 3.63) is 59.2 Å². The van der Waals surface area contributed by atoms with E-state index in [1.165, 1.54) is 5.56 Å². The molecular weight excluding hydrogens is 250 g/mol. The van der Waals surface area contributed by atoms with Gasteiger partial charge in [-0.1, -0.05) is 30.3 Å². The molecule has 1 unspecified atom stereocenters. The van der Waals surface area contributed by atoms with Crippen LogP contribution in [0.25, 0.3) is 0 Å². The third-order valence-electron chi connectivity index (χ3n) is 3.48. The average Bonchev–Trinajstić information content (AvgIpc) is 2.48. The highest BCUT2D eigenvalue weighted by Crippen LogP contribution is 2.30. The Hall–Kier alpha value is -2.00. The number of rotatable bonds is 5. The fourth-order valence-corrected chi connectivity index (χ4v) is 2.17. The summed E-state index contributed by atoms with van der Waals surface area (Å²) in [5, 5.41) is 0. The number of nitrogens with two attached hydrogens (primary N) is 1. The van der Waals surface area contributed by atoms with Crippen molar-refractivity contribution >= 4 is 0 Å². The summed E-state index contributed by atoms with van der Waals surface area (Å²) in [6.45, 7) is 4.53. The maximum absolute atomic E-state index is 6.23. The van der Waals surface area contributed by atoms with Crippen molar-refractivity contribution in [1.82, 2.24) is 0 Å². The number of aryl methyl sites for hydroxylation is 1. The van der Waals surface area contributed by atoms with Crippen molar-refractivity contribution in [3.63, 3.8) is 0 Å². The normalized spacial score (nSPS) is 12.0. The molecule has 0 aliphatic heterocycles. The molecule has 0 fully saturated rings. The summed E-state index contributed by atoms with van der Waals surface area (Å²) in [5.41, 5.74) is 9.53. The molecule has 1 atom stereocenters. The minimum Gasteiger partial charge on any atom is -0.496 e. The summed E-state index contributed by atoms with van der Waals surface area (Å²) in [5.74, 6) is 1.68. The molecule has 106 valence electrons. The molecule has 3 heteroatoms. The van der Waals surface area contributed by atoms with Crippen LogP contribution < -0.4 is 15.2 Å². The number of hydrogen-bond donors (Lipinski definition) is 1. The molecule has 0 saturated heterocycles. The first kappa shape index (κ1) is 14.4.